The molecule has 0 aromatic carbocycles. The van der Waals surface area contributed by atoms with Gasteiger partial charge in [0.25, 0.3) is 0 Å². The monoisotopic (exact) mass is 254 g/mol. The molecule has 1 fully saturated rings. The van der Waals surface area contributed by atoms with Crippen molar-refractivity contribution in [1.29, 1.82) is 0 Å². The summed E-state index contributed by atoms with van der Waals surface area (Å²) in [6.07, 6.45) is 5.76. The SMILES string of the molecule is C=C1CCCCC/C1=C/[Si](Cl)(Cl)Cl. The molecule has 4 heteroatoms. The van der Waals surface area contributed by atoms with E-state index in [1.54, 1.807) is 0 Å². The number of halogens is 3. The van der Waals surface area contributed by atoms with E-state index in [2.05, 4.69) is 6.58 Å². The Labute approximate surface area is 94.7 Å². The predicted octanol–water partition coefficient (Wildman–Crippen LogP) is 4.63. The van der Waals surface area contributed by atoms with Gasteiger partial charge in [-0.2, -0.15) is 0 Å². The molecule has 0 atom stereocenters. The van der Waals surface area contributed by atoms with Crippen molar-refractivity contribution in [1.82, 2.24) is 0 Å². The largest absolute Gasteiger partial charge is 0.366 e. The summed E-state index contributed by atoms with van der Waals surface area (Å²) in [6, 6.07) is -2.61. The van der Waals surface area contributed by atoms with E-state index in [0.717, 1.165) is 18.4 Å². The van der Waals surface area contributed by atoms with Crippen LogP contribution < -0.4 is 0 Å². The standard InChI is InChI=1S/C9H13Cl3Si/c1-8-5-3-2-4-6-9(8)7-13(10,11)12/h7H,1-6H2/b9-7-. The van der Waals surface area contributed by atoms with Gasteiger partial charge in [0.05, 0.1) is 0 Å². The van der Waals surface area contributed by atoms with E-state index in [4.69, 9.17) is 33.2 Å². The van der Waals surface area contributed by atoms with Gasteiger partial charge in [-0.25, -0.2) is 0 Å². The maximum absolute atomic E-state index is 5.84. The normalized spacial score (nSPS) is 23.3. The van der Waals surface area contributed by atoms with Crippen molar-refractivity contribution >= 4 is 39.2 Å². The first-order chi connectivity index (χ1) is 5.99. The zero-order valence-electron chi connectivity index (χ0n) is 7.45. The van der Waals surface area contributed by atoms with Crippen LogP contribution in [0.2, 0.25) is 0 Å². The summed E-state index contributed by atoms with van der Waals surface area (Å²) in [7, 11) is 0. The second kappa shape index (κ2) is 4.88. The van der Waals surface area contributed by atoms with E-state index in [-0.39, 0.29) is 0 Å². The smallest absolute Gasteiger partial charge is 0.121 e. The van der Waals surface area contributed by atoms with Crippen LogP contribution in [0.15, 0.2) is 23.4 Å². The van der Waals surface area contributed by atoms with Crippen molar-refractivity contribution in [2.24, 2.45) is 0 Å². The molecule has 1 rings (SSSR count). The molecule has 1 aliphatic carbocycles. The number of hydrogen-bond acceptors (Lipinski definition) is 0. The minimum atomic E-state index is -2.61. The first kappa shape index (κ1) is 11.6. The van der Waals surface area contributed by atoms with Crippen LogP contribution in [-0.2, 0) is 0 Å². The molecule has 0 bridgehead atoms. The van der Waals surface area contributed by atoms with Crippen molar-refractivity contribution in [3.05, 3.63) is 23.4 Å². The highest BCUT2D eigenvalue weighted by atomic mass is 35.8. The number of rotatable bonds is 1. The Morgan fingerprint density at radius 3 is 2.31 bits per heavy atom. The maximum atomic E-state index is 5.84. The van der Waals surface area contributed by atoms with Gasteiger partial charge >= 0.3 is 6.00 Å². The molecule has 13 heavy (non-hydrogen) atoms. The van der Waals surface area contributed by atoms with Gasteiger partial charge < -0.3 is 0 Å². The van der Waals surface area contributed by atoms with Crippen molar-refractivity contribution in [2.75, 3.05) is 0 Å². The molecular formula is C9H13Cl3Si. The van der Waals surface area contributed by atoms with Crippen molar-refractivity contribution in [3.8, 4) is 0 Å². The second-order valence-electron chi connectivity index (χ2n) is 3.38. The minimum Gasteiger partial charge on any atom is -0.121 e. The summed E-state index contributed by atoms with van der Waals surface area (Å²) in [5, 5.41) is 0. The van der Waals surface area contributed by atoms with E-state index < -0.39 is 6.00 Å². The van der Waals surface area contributed by atoms with Crippen molar-refractivity contribution < 1.29 is 0 Å². The summed E-state index contributed by atoms with van der Waals surface area (Å²) >= 11 is 17.5. The van der Waals surface area contributed by atoms with Crippen LogP contribution in [0.25, 0.3) is 0 Å². The van der Waals surface area contributed by atoms with E-state index in [0.29, 0.717) is 0 Å². The summed E-state index contributed by atoms with van der Waals surface area (Å²) < 4.78 is 0. The molecule has 0 nitrogen and oxygen atoms in total. The third-order valence-corrected chi connectivity index (χ3v) is 3.87. The molecule has 0 aromatic heterocycles. The van der Waals surface area contributed by atoms with Gasteiger partial charge in [-0.3, -0.25) is 0 Å². The minimum absolute atomic E-state index is 1.03. The van der Waals surface area contributed by atoms with Crippen LogP contribution in [0.4, 0.5) is 0 Å². The van der Waals surface area contributed by atoms with Gasteiger partial charge in [0.2, 0.25) is 0 Å². The molecule has 1 aliphatic rings. The second-order valence-corrected chi connectivity index (χ2v) is 11.9. The molecule has 0 unspecified atom stereocenters. The highest BCUT2D eigenvalue weighted by molar-refractivity contribution is 7.66. The van der Waals surface area contributed by atoms with Gasteiger partial charge in [0, 0.05) is 0 Å². The fraction of sp³-hybridized carbons (Fsp3) is 0.556. The van der Waals surface area contributed by atoms with Crippen molar-refractivity contribution in [3.63, 3.8) is 0 Å². The summed E-state index contributed by atoms with van der Waals surface area (Å²) in [6.45, 7) is 4.02. The van der Waals surface area contributed by atoms with Crippen LogP contribution in [0.3, 0.4) is 0 Å². The quantitative estimate of drug-likeness (QED) is 0.364. The first-order valence-corrected chi connectivity index (χ1v) is 9.57. The van der Waals surface area contributed by atoms with E-state index in [9.17, 15) is 0 Å². The average Bonchev–Trinajstić information content (AvgIpc) is 2.14. The third-order valence-electron chi connectivity index (χ3n) is 2.22. The van der Waals surface area contributed by atoms with Gasteiger partial charge in [-0.15, -0.1) is 33.2 Å². The highest BCUT2D eigenvalue weighted by Crippen LogP contribution is 2.31. The Kier molecular flexibility index (Phi) is 4.37. The van der Waals surface area contributed by atoms with Crippen LogP contribution >= 0.6 is 33.2 Å². The fourth-order valence-electron chi connectivity index (χ4n) is 1.54. The zero-order chi connectivity index (χ0) is 9.90. The average molecular weight is 256 g/mol. The lowest BCUT2D eigenvalue weighted by atomic mass is 10.1. The lowest BCUT2D eigenvalue weighted by molar-refractivity contribution is 0.719. The van der Waals surface area contributed by atoms with Gasteiger partial charge in [-0.05, 0) is 37.0 Å². The molecule has 0 aromatic rings. The van der Waals surface area contributed by atoms with Gasteiger partial charge in [0.1, 0.15) is 0 Å². The summed E-state index contributed by atoms with van der Waals surface area (Å²) in [4.78, 5) is 0. The Bertz CT molecular complexity index is 228. The molecule has 0 heterocycles. The van der Waals surface area contributed by atoms with Crippen LogP contribution in [0.1, 0.15) is 32.1 Å². The topological polar surface area (TPSA) is 0 Å². The van der Waals surface area contributed by atoms with Gasteiger partial charge in [-0.1, -0.05) is 18.6 Å². The molecule has 74 valence electrons. The molecule has 0 saturated heterocycles. The lowest BCUT2D eigenvalue weighted by Crippen LogP contribution is -2.06. The Hall–Kier alpha value is 0.567. The number of allylic oxidation sites excluding steroid dienone is 2. The van der Waals surface area contributed by atoms with E-state index >= 15 is 0 Å². The molecule has 0 aliphatic heterocycles. The van der Waals surface area contributed by atoms with Crippen LogP contribution in [0.5, 0.6) is 0 Å². The Morgan fingerprint density at radius 2 is 1.69 bits per heavy atom. The molecule has 0 N–H and O–H groups in total. The Balaban J connectivity index is 2.75. The fourth-order valence-corrected chi connectivity index (χ4v) is 3.47. The predicted molar refractivity (Wildman–Crippen MR) is 63.6 cm³/mol. The third kappa shape index (κ3) is 4.55. The maximum Gasteiger partial charge on any atom is 0.366 e. The molecule has 1 saturated carbocycles. The number of hydrogen-bond donors (Lipinski definition) is 0. The van der Waals surface area contributed by atoms with E-state index in [1.807, 2.05) is 5.70 Å². The summed E-state index contributed by atoms with van der Waals surface area (Å²) in [5.41, 5.74) is 4.19. The lowest BCUT2D eigenvalue weighted by Gasteiger charge is -2.08. The molecule has 0 spiro atoms. The van der Waals surface area contributed by atoms with Crippen LogP contribution in [0, 0.1) is 0 Å². The summed E-state index contributed by atoms with van der Waals surface area (Å²) in [5.74, 6) is 0. The van der Waals surface area contributed by atoms with Crippen LogP contribution in [-0.4, -0.2) is 6.00 Å². The van der Waals surface area contributed by atoms with Crippen molar-refractivity contribution in [2.45, 2.75) is 32.1 Å². The van der Waals surface area contributed by atoms with Gasteiger partial charge in [0.15, 0.2) is 0 Å². The molecule has 0 radical (unpaired) electrons. The highest BCUT2D eigenvalue weighted by Gasteiger charge is 2.23. The Morgan fingerprint density at radius 1 is 1.08 bits per heavy atom. The zero-order valence-corrected chi connectivity index (χ0v) is 10.7. The van der Waals surface area contributed by atoms with E-state index in [1.165, 1.54) is 24.8 Å². The molecule has 0 amide bonds. The molecular weight excluding hydrogens is 243 g/mol. The first-order valence-electron chi connectivity index (χ1n) is 4.45.